The van der Waals surface area contributed by atoms with Crippen LogP contribution in [0.5, 0.6) is 0 Å². The van der Waals surface area contributed by atoms with Crippen LogP contribution in [0.2, 0.25) is 0 Å². The first kappa shape index (κ1) is 19.4. The Labute approximate surface area is 172 Å². The van der Waals surface area contributed by atoms with E-state index in [4.69, 9.17) is 0 Å². The summed E-state index contributed by atoms with van der Waals surface area (Å²) in [5.41, 5.74) is 1.92. The van der Waals surface area contributed by atoms with Gasteiger partial charge in [-0.1, -0.05) is 6.92 Å². The largest absolute Gasteiger partial charge is 0.369 e. The molecule has 1 fully saturated rings. The highest BCUT2D eigenvalue weighted by atomic mass is 32.1. The van der Waals surface area contributed by atoms with Crippen LogP contribution in [-0.2, 0) is 0 Å². The van der Waals surface area contributed by atoms with Gasteiger partial charge in [0.1, 0.15) is 0 Å². The highest BCUT2D eigenvalue weighted by Crippen LogP contribution is 2.29. The Hall–Kier alpha value is -2.97. The molecule has 0 spiro atoms. The van der Waals surface area contributed by atoms with Crippen molar-refractivity contribution in [2.45, 2.75) is 6.92 Å². The molecular formula is C21H22N4O3S. The topological polar surface area (TPSA) is 78.7 Å². The lowest BCUT2D eigenvalue weighted by Crippen LogP contribution is -2.46. The number of nitro benzene ring substituents is 1. The van der Waals surface area contributed by atoms with Crippen molar-refractivity contribution in [2.24, 2.45) is 0 Å². The van der Waals surface area contributed by atoms with Crippen molar-refractivity contribution in [1.82, 2.24) is 4.90 Å². The van der Waals surface area contributed by atoms with Crippen LogP contribution >= 0.6 is 11.3 Å². The number of hydrogen-bond donors (Lipinski definition) is 1. The van der Waals surface area contributed by atoms with E-state index in [1.54, 1.807) is 12.1 Å². The predicted octanol–water partition coefficient (Wildman–Crippen LogP) is 4.20. The molecular weight excluding hydrogens is 388 g/mol. The highest BCUT2D eigenvalue weighted by Gasteiger charge is 2.16. The molecule has 2 aromatic carbocycles. The molecule has 0 unspecified atom stereocenters. The molecule has 8 heteroatoms. The summed E-state index contributed by atoms with van der Waals surface area (Å²) in [5.74, 6) is -0.210. The molecule has 0 aliphatic carbocycles. The van der Waals surface area contributed by atoms with E-state index in [0.717, 1.165) is 48.8 Å². The zero-order valence-electron chi connectivity index (χ0n) is 16.1. The number of carbonyl (C=O) groups excluding carboxylic acids is 1. The van der Waals surface area contributed by atoms with Gasteiger partial charge in [-0.2, -0.15) is 0 Å². The standard InChI is InChI=1S/C21H22N4O3S/c1-2-23-9-11-24(12-10-23)17-5-3-16(4-6-17)22-21(26)20-14-15-13-18(25(27)28)7-8-19(15)29-20/h3-8,13-14H,2,9-12H2,1H3,(H,22,26). The maximum absolute atomic E-state index is 12.6. The maximum atomic E-state index is 12.6. The predicted molar refractivity (Wildman–Crippen MR) is 117 cm³/mol. The van der Waals surface area contributed by atoms with Gasteiger partial charge in [0.2, 0.25) is 0 Å². The van der Waals surface area contributed by atoms with E-state index < -0.39 is 4.92 Å². The molecule has 1 amide bonds. The Morgan fingerprint density at radius 3 is 2.48 bits per heavy atom. The molecule has 4 rings (SSSR count). The molecule has 1 aliphatic heterocycles. The van der Waals surface area contributed by atoms with Gasteiger partial charge in [-0.3, -0.25) is 14.9 Å². The number of carbonyl (C=O) groups is 1. The van der Waals surface area contributed by atoms with Gasteiger partial charge in [-0.25, -0.2) is 0 Å². The number of rotatable bonds is 5. The van der Waals surface area contributed by atoms with Crippen molar-refractivity contribution in [3.63, 3.8) is 0 Å². The Bertz CT molecular complexity index is 1040. The van der Waals surface area contributed by atoms with Gasteiger partial charge in [0.15, 0.2) is 0 Å². The number of hydrogen-bond acceptors (Lipinski definition) is 6. The average molecular weight is 410 g/mol. The molecule has 0 saturated carbocycles. The van der Waals surface area contributed by atoms with Crippen molar-refractivity contribution in [3.05, 3.63) is 63.5 Å². The fraction of sp³-hybridized carbons (Fsp3) is 0.286. The van der Waals surface area contributed by atoms with Crippen molar-refractivity contribution < 1.29 is 9.72 Å². The molecule has 0 atom stereocenters. The monoisotopic (exact) mass is 410 g/mol. The van der Waals surface area contributed by atoms with Crippen molar-refractivity contribution in [1.29, 1.82) is 0 Å². The minimum absolute atomic E-state index is 0.0256. The second-order valence-corrected chi connectivity index (χ2v) is 8.10. The van der Waals surface area contributed by atoms with Gasteiger partial charge < -0.3 is 15.1 Å². The van der Waals surface area contributed by atoms with Crippen LogP contribution in [0.1, 0.15) is 16.6 Å². The molecule has 0 radical (unpaired) electrons. The number of likely N-dealkylation sites (N-methyl/N-ethyl adjacent to an activating group) is 1. The van der Waals surface area contributed by atoms with Crippen LogP contribution in [-0.4, -0.2) is 48.5 Å². The van der Waals surface area contributed by atoms with Crippen molar-refractivity contribution in [3.8, 4) is 0 Å². The lowest BCUT2D eigenvalue weighted by Gasteiger charge is -2.35. The minimum Gasteiger partial charge on any atom is -0.369 e. The van der Waals surface area contributed by atoms with Crippen LogP contribution in [0.15, 0.2) is 48.5 Å². The van der Waals surface area contributed by atoms with Gasteiger partial charge in [-0.15, -0.1) is 11.3 Å². The second-order valence-electron chi connectivity index (χ2n) is 7.01. The molecule has 1 aliphatic rings. The number of nitro groups is 1. The first-order valence-electron chi connectivity index (χ1n) is 9.60. The number of nitrogens with one attached hydrogen (secondary N) is 1. The zero-order chi connectivity index (χ0) is 20.4. The summed E-state index contributed by atoms with van der Waals surface area (Å²) in [4.78, 5) is 28.4. The van der Waals surface area contributed by atoms with Crippen LogP contribution in [0.25, 0.3) is 10.1 Å². The summed E-state index contributed by atoms with van der Waals surface area (Å²) in [5, 5.41) is 14.5. The number of fused-ring (bicyclic) bond motifs is 1. The first-order chi connectivity index (χ1) is 14.0. The third-order valence-electron chi connectivity index (χ3n) is 5.24. The van der Waals surface area contributed by atoms with E-state index in [0.29, 0.717) is 10.3 Å². The Morgan fingerprint density at radius 1 is 1.10 bits per heavy atom. The van der Waals surface area contributed by atoms with Crippen molar-refractivity contribution >= 4 is 44.4 Å². The van der Waals surface area contributed by atoms with Crippen LogP contribution in [0, 0.1) is 10.1 Å². The summed E-state index contributed by atoms with van der Waals surface area (Å²) < 4.78 is 0.849. The van der Waals surface area contributed by atoms with E-state index >= 15 is 0 Å². The highest BCUT2D eigenvalue weighted by molar-refractivity contribution is 7.20. The van der Waals surface area contributed by atoms with Crippen LogP contribution < -0.4 is 10.2 Å². The van der Waals surface area contributed by atoms with Crippen LogP contribution in [0.3, 0.4) is 0 Å². The van der Waals surface area contributed by atoms with Gasteiger partial charge in [0.25, 0.3) is 11.6 Å². The molecule has 1 N–H and O–H groups in total. The maximum Gasteiger partial charge on any atom is 0.270 e. The number of piperazine rings is 1. The smallest absolute Gasteiger partial charge is 0.270 e. The van der Waals surface area contributed by atoms with E-state index in [9.17, 15) is 14.9 Å². The summed E-state index contributed by atoms with van der Waals surface area (Å²) in [6.07, 6.45) is 0. The Balaban J connectivity index is 1.43. The number of benzene rings is 2. The Kier molecular flexibility index (Phi) is 5.46. The SMILES string of the molecule is CCN1CCN(c2ccc(NC(=O)c3cc4cc([N+](=O)[O-])ccc4s3)cc2)CC1. The van der Waals surface area contributed by atoms with E-state index in [-0.39, 0.29) is 11.6 Å². The van der Waals surface area contributed by atoms with Gasteiger partial charge in [0.05, 0.1) is 9.80 Å². The van der Waals surface area contributed by atoms with E-state index in [1.807, 2.05) is 24.3 Å². The molecule has 0 bridgehead atoms. The molecule has 1 aromatic heterocycles. The van der Waals surface area contributed by atoms with Gasteiger partial charge in [0, 0.05) is 59.8 Å². The molecule has 3 aromatic rings. The molecule has 7 nitrogen and oxygen atoms in total. The average Bonchev–Trinajstić information content (AvgIpc) is 3.18. The normalized spacial score (nSPS) is 14.9. The molecule has 29 heavy (non-hydrogen) atoms. The summed E-state index contributed by atoms with van der Waals surface area (Å²) in [7, 11) is 0. The number of non-ortho nitro benzene ring substituents is 1. The number of nitrogens with zero attached hydrogens (tertiary/aromatic N) is 3. The Morgan fingerprint density at radius 2 is 1.83 bits per heavy atom. The summed E-state index contributed by atoms with van der Waals surface area (Å²) >= 11 is 1.33. The lowest BCUT2D eigenvalue weighted by molar-refractivity contribution is -0.384. The van der Waals surface area contributed by atoms with Gasteiger partial charge in [-0.05, 0) is 42.9 Å². The third-order valence-corrected chi connectivity index (χ3v) is 6.36. The van der Waals surface area contributed by atoms with E-state index in [1.165, 1.54) is 23.5 Å². The lowest BCUT2D eigenvalue weighted by atomic mass is 10.2. The molecule has 150 valence electrons. The number of anilines is 2. The summed E-state index contributed by atoms with van der Waals surface area (Å²) in [6.45, 7) is 7.42. The number of thiophene rings is 1. The van der Waals surface area contributed by atoms with E-state index in [2.05, 4.69) is 22.0 Å². The fourth-order valence-electron chi connectivity index (χ4n) is 3.53. The zero-order valence-corrected chi connectivity index (χ0v) is 16.9. The van der Waals surface area contributed by atoms with Gasteiger partial charge >= 0.3 is 0 Å². The fourth-order valence-corrected chi connectivity index (χ4v) is 4.47. The molecule has 2 heterocycles. The summed E-state index contributed by atoms with van der Waals surface area (Å²) in [6, 6.07) is 14.2. The quantitative estimate of drug-likeness (QED) is 0.504. The van der Waals surface area contributed by atoms with Crippen molar-refractivity contribution in [2.75, 3.05) is 42.9 Å². The first-order valence-corrected chi connectivity index (χ1v) is 10.4. The van der Waals surface area contributed by atoms with Crippen LogP contribution in [0.4, 0.5) is 17.1 Å². The minimum atomic E-state index is -0.430. The number of amides is 1. The second kappa shape index (κ2) is 8.18. The third kappa shape index (κ3) is 4.23. The molecule has 1 saturated heterocycles.